The van der Waals surface area contributed by atoms with Crippen molar-refractivity contribution in [1.29, 1.82) is 0 Å². The quantitative estimate of drug-likeness (QED) is 0.576. The van der Waals surface area contributed by atoms with E-state index >= 15 is 0 Å². The predicted octanol–water partition coefficient (Wildman–Crippen LogP) is 2.96. The van der Waals surface area contributed by atoms with E-state index < -0.39 is 10.8 Å². The normalized spacial score (nSPS) is 14.1. The van der Waals surface area contributed by atoms with E-state index in [0.29, 0.717) is 5.75 Å². The van der Waals surface area contributed by atoms with Gasteiger partial charge in [0, 0.05) is 16.6 Å². The van der Waals surface area contributed by atoms with Crippen LogP contribution in [0.15, 0.2) is 46.9 Å². The fourth-order valence-electron chi connectivity index (χ4n) is 2.74. The van der Waals surface area contributed by atoms with Crippen LogP contribution in [0.2, 0.25) is 0 Å². The molecule has 3 rings (SSSR count). The SMILES string of the molecule is CC(NC(=O)CN1C(=O)COc2ccc([N+](=O)[O-])cc21)c1ccc(Br)cc1. The highest BCUT2D eigenvalue weighted by atomic mass is 79.9. The minimum Gasteiger partial charge on any atom is -0.482 e. The van der Waals surface area contributed by atoms with Gasteiger partial charge < -0.3 is 10.1 Å². The molecule has 1 aliphatic heterocycles. The van der Waals surface area contributed by atoms with E-state index in [4.69, 9.17) is 4.74 Å². The van der Waals surface area contributed by atoms with Gasteiger partial charge in [0.2, 0.25) is 5.91 Å². The Kier molecular flexibility index (Phi) is 5.41. The number of ether oxygens (including phenoxy) is 1. The van der Waals surface area contributed by atoms with Gasteiger partial charge in [-0.25, -0.2) is 0 Å². The van der Waals surface area contributed by atoms with E-state index in [9.17, 15) is 19.7 Å². The monoisotopic (exact) mass is 433 g/mol. The molecule has 140 valence electrons. The van der Waals surface area contributed by atoms with Gasteiger partial charge in [-0.2, -0.15) is 0 Å². The summed E-state index contributed by atoms with van der Waals surface area (Å²) in [5.41, 5.74) is 0.948. The van der Waals surface area contributed by atoms with Gasteiger partial charge in [-0.15, -0.1) is 0 Å². The Hall–Kier alpha value is -2.94. The van der Waals surface area contributed by atoms with Crippen LogP contribution in [0.3, 0.4) is 0 Å². The number of halogens is 1. The lowest BCUT2D eigenvalue weighted by atomic mass is 10.1. The summed E-state index contributed by atoms with van der Waals surface area (Å²) < 4.78 is 6.23. The van der Waals surface area contributed by atoms with Crippen LogP contribution in [0.5, 0.6) is 5.75 Å². The average molecular weight is 434 g/mol. The Bertz CT molecular complexity index is 900. The lowest BCUT2D eigenvalue weighted by Gasteiger charge is -2.29. The van der Waals surface area contributed by atoms with Crippen LogP contribution in [0.25, 0.3) is 0 Å². The maximum Gasteiger partial charge on any atom is 0.271 e. The van der Waals surface area contributed by atoms with E-state index in [-0.39, 0.29) is 36.5 Å². The van der Waals surface area contributed by atoms with Gasteiger partial charge in [0.05, 0.1) is 16.7 Å². The van der Waals surface area contributed by atoms with Crippen molar-refractivity contribution < 1.29 is 19.2 Å². The molecule has 1 heterocycles. The van der Waals surface area contributed by atoms with Crippen molar-refractivity contribution in [2.45, 2.75) is 13.0 Å². The molecule has 8 nitrogen and oxygen atoms in total. The molecular weight excluding hydrogens is 418 g/mol. The second kappa shape index (κ2) is 7.75. The number of amides is 2. The summed E-state index contributed by atoms with van der Waals surface area (Å²) in [7, 11) is 0. The summed E-state index contributed by atoms with van der Waals surface area (Å²) in [5, 5.41) is 13.8. The molecule has 9 heteroatoms. The Balaban J connectivity index is 1.75. The number of fused-ring (bicyclic) bond motifs is 1. The summed E-state index contributed by atoms with van der Waals surface area (Å²) in [5.74, 6) is -0.485. The van der Waals surface area contributed by atoms with Gasteiger partial charge in [-0.1, -0.05) is 28.1 Å². The van der Waals surface area contributed by atoms with Crippen molar-refractivity contribution in [3.63, 3.8) is 0 Å². The maximum atomic E-state index is 12.4. The number of rotatable bonds is 5. The molecule has 0 radical (unpaired) electrons. The smallest absolute Gasteiger partial charge is 0.271 e. The van der Waals surface area contributed by atoms with E-state index in [0.717, 1.165) is 10.0 Å². The second-order valence-corrected chi connectivity index (χ2v) is 6.93. The molecule has 0 spiro atoms. The number of nitrogens with zero attached hydrogens (tertiary/aromatic N) is 2. The minimum atomic E-state index is -0.562. The van der Waals surface area contributed by atoms with Crippen LogP contribution in [-0.2, 0) is 9.59 Å². The lowest BCUT2D eigenvalue weighted by Crippen LogP contribution is -2.45. The third-order valence-electron chi connectivity index (χ3n) is 4.15. The minimum absolute atomic E-state index is 0.180. The molecule has 0 aromatic heterocycles. The van der Waals surface area contributed by atoms with Crippen molar-refractivity contribution in [3.05, 3.63) is 62.6 Å². The number of carbonyl (C=O) groups excluding carboxylic acids is 2. The van der Waals surface area contributed by atoms with Crippen LogP contribution in [0, 0.1) is 10.1 Å². The predicted molar refractivity (Wildman–Crippen MR) is 102 cm³/mol. The first-order valence-corrected chi connectivity index (χ1v) is 8.91. The molecule has 27 heavy (non-hydrogen) atoms. The van der Waals surface area contributed by atoms with Crippen LogP contribution >= 0.6 is 15.9 Å². The number of nitrogens with one attached hydrogen (secondary N) is 1. The number of hydrogen-bond acceptors (Lipinski definition) is 5. The van der Waals surface area contributed by atoms with Gasteiger partial charge in [0.1, 0.15) is 12.3 Å². The average Bonchev–Trinajstić information content (AvgIpc) is 2.64. The number of non-ortho nitro benzene ring substituents is 1. The number of nitro benzene ring substituents is 1. The standard InChI is InChI=1S/C18H16BrN3O5/c1-11(12-2-4-13(19)5-3-12)20-17(23)9-21-15-8-14(22(25)26)6-7-16(15)27-10-18(21)24/h2-8,11H,9-10H2,1H3,(H,20,23). The molecule has 0 saturated carbocycles. The zero-order valence-electron chi connectivity index (χ0n) is 14.3. The van der Waals surface area contributed by atoms with E-state index in [1.165, 1.54) is 23.1 Å². The molecule has 0 bridgehead atoms. The highest BCUT2D eigenvalue weighted by Crippen LogP contribution is 2.35. The molecule has 0 saturated heterocycles. The van der Waals surface area contributed by atoms with E-state index in [2.05, 4.69) is 21.2 Å². The fraction of sp³-hybridized carbons (Fsp3) is 0.222. The van der Waals surface area contributed by atoms with Crippen molar-refractivity contribution in [1.82, 2.24) is 5.32 Å². The number of benzene rings is 2. The first kappa shape index (κ1) is 18.8. The summed E-state index contributed by atoms with van der Waals surface area (Å²) in [4.78, 5) is 36.3. The van der Waals surface area contributed by atoms with Gasteiger partial charge in [-0.05, 0) is 30.7 Å². The molecular formula is C18H16BrN3O5. The summed E-state index contributed by atoms with van der Waals surface area (Å²) in [6.45, 7) is 1.36. The molecule has 2 aromatic carbocycles. The highest BCUT2D eigenvalue weighted by molar-refractivity contribution is 9.10. The Morgan fingerprint density at radius 2 is 2.04 bits per heavy atom. The molecule has 1 N–H and O–H groups in total. The molecule has 1 aliphatic rings. The summed E-state index contributed by atoms with van der Waals surface area (Å²) in [6.07, 6.45) is 0. The summed E-state index contributed by atoms with van der Waals surface area (Å²) >= 11 is 3.36. The van der Waals surface area contributed by atoms with Gasteiger partial charge in [-0.3, -0.25) is 24.6 Å². The van der Waals surface area contributed by atoms with Crippen LogP contribution in [0.4, 0.5) is 11.4 Å². The van der Waals surface area contributed by atoms with Gasteiger partial charge >= 0.3 is 0 Å². The largest absolute Gasteiger partial charge is 0.482 e. The second-order valence-electron chi connectivity index (χ2n) is 6.02. The lowest BCUT2D eigenvalue weighted by molar-refractivity contribution is -0.384. The zero-order valence-corrected chi connectivity index (χ0v) is 15.9. The summed E-state index contributed by atoms with van der Waals surface area (Å²) in [6, 6.07) is 11.2. The third-order valence-corrected chi connectivity index (χ3v) is 4.67. The van der Waals surface area contributed by atoms with Crippen molar-refractivity contribution in [2.75, 3.05) is 18.1 Å². The zero-order chi connectivity index (χ0) is 19.6. The first-order chi connectivity index (χ1) is 12.8. The molecule has 2 amide bonds. The van der Waals surface area contributed by atoms with E-state index in [1.54, 1.807) is 0 Å². The van der Waals surface area contributed by atoms with Crippen LogP contribution < -0.4 is 15.0 Å². The molecule has 1 unspecified atom stereocenters. The number of anilines is 1. The fourth-order valence-corrected chi connectivity index (χ4v) is 3.01. The molecule has 0 fully saturated rings. The number of nitro groups is 1. The van der Waals surface area contributed by atoms with Gasteiger partial charge in [0.25, 0.3) is 11.6 Å². The maximum absolute atomic E-state index is 12.4. The highest BCUT2D eigenvalue weighted by Gasteiger charge is 2.29. The number of hydrogen-bond donors (Lipinski definition) is 1. The van der Waals surface area contributed by atoms with Crippen LogP contribution in [-0.4, -0.2) is 29.9 Å². The topological polar surface area (TPSA) is 102 Å². The van der Waals surface area contributed by atoms with Crippen molar-refractivity contribution in [3.8, 4) is 5.75 Å². The Morgan fingerprint density at radius 3 is 2.70 bits per heavy atom. The van der Waals surface area contributed by atoms with Gasteiger partial charge in [0.15, 0.2) is 6.61 Å². The number of carbonyl (C=O) groups is 2. The van der Waals surface area contributed by atoms with Crippen LogP contribution in [0.1, 0.15) is 18.5 Å². The molecule has 1 atom stereocenters. The van der Waals surface area contributed by atoms with E-state index in [1.807, 2.05) is 31.2 Å². The molecule has 2 aromatic rings. The Morgan fingerprint density at radius 1 is 1.33 bits per heavy atom. The van der Waals surface area contributed by atoms with Crippen molar-refractivity contribution >= 4 is 39.1 Å². The Labute approximate surface area is 163 Å². The third kappa shape index (κ3) is 4.25. The first-order valence-electron chi connectivity index (χ1n) is 8.11. The molecule has 0 aliphatic carbocycles. The van der Waals surface area contributed by atoms with Crippen molar-refractivity contribution in [2.24, 2.45) is 0 Å².